The van der Waals surface area contributed by atoms with E-state index in [0.717, 1.165) is 54.4 Å². The summed E-state index contributed by atoms with van der Waals surface area (Å²) in [6, 6.07) is 7.90. The van der Waals surface area contributed by atoms with Crippen molar-refractivity contribution in [3.63, 3.8) is 0 Å². The van der Waals surface area contributed by atoms with Gasteiger partial charge in [0, 0.05) is 32.4 Å². The molecule has 30 heavy (non-hydrogen) atoms. The van der Waals surface area contributed by atoms with Crippen molar-refractivity contribution in [2.45, 2.75) is 38.0 Å². The Morgan fingerprint density at radius 1 is 1.27 bits per heavy atom. The maximum atomic E-state index is 11.1. The molecule has 1 aromatic carbocycles. The van der Waals surface area contributed by atoms with Gasteiger partial charge in [0.25, 0.3) is 0 Å². The van der Waals surface area contributed by atoms with Crippen LogP contribution in [0.15, 0.2) is 24.3 Å². The monoisotopic (exact) mass is 430 g/mol. The summed E-state index contributed by atoms with van der Waals surface area (Å²) in [7, 11) is 1.67. The molecule has 2 saturated heterocycles. The molecule has 2 fully saturated rings. The van der Waals surface area contributed by atoms with Crippen LogP contribution in [0.25, 0.3) is 4.96 Å². The number of aryl methyl sites for hydroxylation is 1. The van der Waals surface area contributed by atoms with Crippen LogP contribution in [-0.4, -0.2) is 63.8 Å². The van der Waals surface area contributed by atoms with Gasteiger partial charge in [0.15, 0.2) is 11.6 Å². The van der Waals surface area contributed by atoms with E-state index in [1.165, 1.54) is 11.3 Å². The van der Waals surface area contributed by atoms with Crippen molar-refractivity contribution in [2.24, 2.45) is 0 Å². The molecule has 2 aliphatic heterocycles. The molecule has 0 saturated carbocycles. The second kappa shape index (κ2) is 7.81. The number of piperidine rings is 1. The van der Waals surface area contributed by atoms with Crippen LogP contribution in [0.2, 0.25) is 0 Å². The van der Waals surface area contributed by atoms with Crippen molar-refractivity contribution in [1.29, 1.82) is 0 Å². The first kappa shape index (κ1) is 19.7. The van der Waals surface area contributed by atoms with Gasteiger partial charge in [-0.2, -0.15) is 4.52 Å². The average molecular weight is 431 g/mol. The maximum absolute atomic E-state index is 11.1. The molecule has 0 unspecified atom stereocenters. The van der Waals surface area contributed by atoms with Gasteiger partial charge in [-0.15, -0.1) is 5.10 Å². The number of aromatic nitrogens is 3. The molecule has 160 valence electrons. The van der Waals surface area contributed by atoms with Crippen LogP contribution < -0.4 is 4.74 Å². The fourth-order valence-electron chi connectivity index (χ4n) is 4.37. The van der Waals surface area contributed by atoms with Crippen molar-refractivity contribution >= 4 is 16.3 Å². The molecule has 9 heteroatoms. The van der Waals surface area contributed by atoms with Gasteiger partial charge in [0.1, 0.15) is 5.75 Å². The predicted molar refractivity (Wildman–Crippen MR) is 112 cm³/mol. The predicted octanol–water partition coefficient (Wildman–Crippen LogP) is 3.00. The van der Waals surface area contributed by atoms with Gasteiger partial charge in [-0.05, 0) is 17.7 Å². The van der Waals surface area contributed by atoms with Gasteiger partial charge in [-0.3, -0.25) is 4.90 Å². The molecule has 2 aliphatic rings. The molecular weight excluding hydrogens is 404 g/mol. The first-order valence-electron chi connectivity index (χ1n) is 10.4. The van der Waals surface area contributed by atoms with Crippen LogP contribution in [0, 0.1) is 0 Å². The molecule has 8 nitrogen and oxygen atoms in total. The number of ether oxygens (including phenoxy) is 3. The highest BCUT2D eigenvalue weighted by atomic mass is 32.1. The first-order chi connectivity index (χ1) is 14.6. The Labute approximate surface area is 179 Å². The Morgan fingerprint density at radius 3 is 2.70 bits per heavy atom. The number of hydrogen-bond donors (Lipinski definition) is 1. The third kappa shape index (κ3) is 3.35. The standard InChI is InChI=1S/C21H26N4O4S/c1-3-16-22-20-25(23-16)19(26)18(30-20)17(14-5-4-6-15(13-14)27-2)24-9-7-21(8-10-24)28-11-12-29-21/h4-6,13,17,26H,3,7-12H2,1-2H3/t17-/m0/s1. The van der Waals surface area contributed by atoms with Crippen molar-refractivity contribution in [2.75, 3.05) is 33.4 Å². The summed E-state index contributed by atoms with van der Waals surface area (Å²) in [5.74, 6) is 1.24. The Bertz CT molecular complexity index is 1030. The zero-order valence-electron chi connectivity index (χ0n) is 17.2. The molecule has 3 aromatic rings. The third-order valence-electron chi connectivity index (χ3n) is 5.96. The highest BCUT2D eigenvalue weighted by Crippen LogP contribution is 2.43. The van der Waals surface area contributed by atoms with E-state index >= 15 is 0 Å². The topological polar surface area (TPSA) is 81.4 Å². The quantitative estimate of drug-likeness (QED) is 0.666. The molecule has 1 atom stereocenters. The maximum Gasteiger partial charge on any atom is 0.230 e. The fraction of sp³-hybridized carbons (Fsp3) is 0.524. The van der Waals surface area contributed by atoms with Crippen LogP contribution in [0.1, 0.15) is 42.1 Å². The van der Waals surface area contributed by atoms with Crippen molar-refractivity contribution < 1.29 is 19.3 Å². The van der Waals surface area contributed by atoms with E-state index in [2.05, 4.69) is 21.0 Å². The summed E-state index contributed by atoms with van der Waals surface area (Å²) in [5, 5.41) is 15.5. The summed E-state index contributed by atoms with van der Waals surface area (Å²) in [6.45, 7) is 4.93. The third-order valence-corrected chi connectivity index (χ3v) is 7.03. The summed E-state index contributed by atoms with van der Waals surface area (Å²) >= 11 is 1.49. The Balaban J connectivity index is 1.53. The van der Waals surface area contributed by atoms with Crippen LogP contribution in [0.4, 0.5) is 0 Å². The fourth-order valence-corrected chi connectivity index (χ4v) is 5.50. The minimum atomic E-state index is -0.445. The molecule has 0 radical (unpaired) electrons. The number of likely N-dealkylation sites (tertiary alicyclic amines) is 1. The zero-order chi connectivity index (χ0) is 20.7. The van der Waals surface area contributed by atoms with E-state index in [-0.39, 0.29) is 11.9 Å². The zero-order valence-corrected chi connectivity index (χ0v) is 18.0. The molecule has 0 aliphatic carbocycles. The SMILES string of the molecule is CCc1nc2sc([C@H](c3cccc(OC)c3)N3CCC4(CC3)OCCO4)c(O)n2n1. The number of aromatic hydroxyl groups is 1. The van der Waals surface area contributed by atoms with E-state index in [4.69, 9.17) is 14.2 Å². The summed E-state index contributed by atoms with van der Waals surface area (Å²) in [5.41, 5.74) is 1.06. The second-order valence-corrected chi connectivity index (χ2v) is 8.70. The Morgan fingerprint density at radius 2 is 2.03 bits per heavy atom. The van der Waals surface area contributed by atoms with Crippen molar-refractivity contribution in [3.05, 3.63) is 40.5 Å². The number of rotatable bonds is 5. The number of benzene rings is 1. The minimum Gasteiger partial charge on any atom is -0.497 e. The lowest BCUT2D eigenvalue weighted by Gasteiger charge is -2.41. The van der Waals surface area contributed by atoms with Crippen LogP contribution in [0.5, 0.6) is 11.6 Å². The Kier molecular flexibility index (Phi) is 5.14. The normalized spacial score (nSPS) is 20.2. The molecule has 2 aromatic heterocycles. The Hall–Kier alpha value is -2.20. The smallest absolute Gasteiger partial charge is 0.230 e. The second-order valence-electron chi connectivity index (χ2n) is 7.69. The molecule has 0 bridgehead atoms. The van der Waals surface area contributed by atoms with E-state index in [1.54, 1.807) is 11.6 Å². The summed E-state index contributed by atoms with van der Waals surface area (Å²) in [6.07, 6.45) is 2.33. The molecule has 1 N–H and O–H groups in total. The van der Waals surface area contributed by atoms with Gasteiger partial charge in [-0.1, -0.05) is 30.4 Å². The minimum absolute atomic E-state index is 0.127. The molecule has 5 rings (SSSR count). The van der Waals surface area contributed by atoms with Gasteiger partial charge in [0.2, 0.25) is 10.8 Å². The number of fused-ring (bicyclic) bond motifs is 1. The lowest BCUT2D eigenvalue weighted by atomic mass is 9.97. The molecule has 0 amide bonds. The summed E-state index contributed by atoms with van der Waals surface area (Å²) in [4.78, 5) is 8.47. The van der Waals surface area contributed by atoms with Crippen LogP contribution >= 0.6 is 11.3 Å². The van der Waals surface area contributed by atoms with Gasteiger partial charge >= 0.3 is 0 Å². The highest BCUT2D eigenvalue weighted by molar-refractivity contribution is 7.17. The van der Waals surface area contributed by atoms with Crippen LogP contribution in [-0.2, 0) is 15.9 Å². The largest absolute Gasteiger partial charge is 0.497 e. The van der Waals surface area contributed by atoms with Crippen molar-refractivity contribution in [3.8, 4) is 11.6 Å². The first-order valence-corrected chi connectivity index (χ1v) is 11.2. The molecule has 4 heterocycles. The lowest BCUT2D eigenvalue weighted by Crippen LogP contribution is -2.46. The number of methoxy groups -OCH3 is 1. The number of hydrogen-bond acceptors (Lipinski definition) is 8. The van der Waals surface area contributed by atoms with Gasteiger partial charge in [-0.25, -0.2) is 4.98 Å². The van der Waals surface area contributed by atoms with E-state index in [1.807, 2.05) is 25.1 Å². The van der Waals surface area contributed by atoms with E-state index < -0.39 is 5.79 Å². The molecular formula is C21H26N4O4S. The highest BCUT2D eigenvalue weighted by Gasteiger charge is 2.42. The van der Waals surface area contributed by atoms with Gasteiger partial charge in [0.05, 0.1) is 31.2 Å². The lowest BCUT2D eigenvalue weighted by molar-refractivity contribution is -0.187. The van der Waals surface area contributed by atoms with E-state index in [9.17, 15) is 5.11 Å². The summed E-state index contributed by atoms with van der Waals surface area (Å²) < 4.78 is 18.8. The van der Waals surface area contributed by atoms with Gasteiger partial charge < -0.3 is 19.3 Å². The van der Waals surface area contributed by atoms with E-state index in [0.29, 0.717) is 18.2 Å². The van der Waals surface area contributed by atoms with Crippen molar-refractivity contribution in [1.82, 2.24) is 19.5 Å². The number of thiazole rings is 1. The average Bonchev–Trinajstić information content (AvgIpc) is 3.47. The number of nitrogens with zero attached hydrogens (tertiary/aromatic N) is 4. The van der Waals surface area contributed by atoms with Crippen LogP contribution in [0.3, 0.4) is 0 Å². The molecule has 1 spiro atoms.